The largest absolute Gasteiger partial charge is 0.464 e. The Labute approximate surface area is 89.9 Å². The Balaban J connectivity index is 3.08. The third-order valence-corrected chi connectivity index (χ3v) is 1.96. The van der Waals surface area contributed by atoms with Crippen LogP contribution in [0.4, 0.5) is 5.82 Å². The molecule has 15 heavy (non-hydrogen) atoms. The Morgan fingerprint density at radius 1 is 1.47 bits per heavy atom. The molecule has 0 saturated heterocycles. The Bertz CT molecular complexity index is 394. The van der Waals surface area contributed by atoms with E-state index in [4.69, 9.17) is 16.9 Å². The van der Waals surface area contributed by atoms with Crippen LogP contribution in [0, 0.1) is 19.3 Å². The Morgan fingerprint density at radius 2 is 2.13 bits per heavy atom. The minimum Gasteiger partial charge on any atom is -0.464 e. The number of nitrogens with two attached hydrogens (primary N) is 1. The van der Waals surface area contributed by atoms with Gasteiger partial charge in [0, 0.05) is 5.92 Å². The molecule has 0 atom stereocenters. The molecule has 0 aliphatic rings. The molecule has 0 radical (unpaired) electrons. The zero-order valence-corrected chi connectivity index (χ0v) is 9.24. The zero-order valence-electron chi connectivity index (χ0n) is 9.24. The Kier molecular flexibility index (Phi) is 3.51. The van der Waals surface area contributed by atoms with E-state index in [1.165, 1.54) is 0 Å². The summed E-state index contributed by atoms with van der Waals surface area (Å²) in [4.78, 5) is 8.44. The van der Waals surface area contributed by atoms with Gasteiger partial charge < -0.3 is 10.5 Å². The molecule has 4 heteroatoms. The highest BCUT2D eigenvalue weighted by Crippen LogP contribution is 2.22. The number of anilines is 1. The van der Waals surface area contributed by atoms with Gasteiger partial charge in [0.15, 0.2) is 6.61 Å². The van der Waals surface area contributed by atoms with Crippen LogP contribution in [0.3, 0.4) is 0 Å². The van der Waals surface area contributed by atoms with E-state index in [2.05, 4.69) is 15.9 Å². The zero-order chi connectivity index (χ0) is 11.4. The number of hydrogen-bond acceptors (Lipinski definition) is 4. The van der Waals surface area contributed by atoms with Crippen molar-refractivity contribution in [2.24, 2.45) is 0 Å². The van der Waals surface area contributed by atoms with E-state index in [0.717, 1.165) is 5.56 Å². The number of nitrogen functional groups attached to an aromatic ring is 1. The summed E-state index contributed by atoms with van der Waals surface area (Å²) in [5.41, 5.74) is 6.48. The normalized spacial score (nSPS) is 10.1. The molecule has 0 bridgehead atoms. The molecule has 0 aliphatic carbocycles. The third-order valence-electron chi connectivity index (χ3n) is 1.96. The molecule has 0 saturated carbocycles. The van der Waals surface area contributed by atoms with Gasteiger partial charge in [-0.3, -0.25) is 0 Å². The van der Waals surface area contributed by atoms with Crippen molar-refractivity contribution in [1.29, 1.82) is 0 Å². The SMILES string of the molecule is C#CCOc1nc(C(C)C)nc(N)c1C. The van der Waals surface area contributed by atoms with E-state index in [9.17, 15) is 0 Å². The van der Waals surface area contributed by atoms with Gasteiger partial charge in [-0.1, -0.05) is 19.8 Å². The summed E-state index contributed by atoms with van der Waals surface area (Å²) in [6, 6.07) is 0. The lowest BCUT2D eigenvalue weighted by atomic mass is 10.2. The molecule has 1 aromatic rings. The van der Waals surface area contributed by atoms with Crippen LogP contribution in [0.5, 0.6) is 5.88 Å². The van der Waals surface area contributed by atoms with E-state index < -0.39 is 0 Å². The Morgan fingerprint density at radius 3 is 2.67 bits per heavy atom. The molecule has 1 rings (SSSR count). The lowest BCUT2D eigenvalue weighted by Gasteiger charge is -2.11. The van der Waals surface area contributed by atoms with E-state index >= 15 is 0 Å². The molecule has 0 aliphatic heterocycles. The van der Waals surface area contributed by atoms with Crippen LogP contribution >= 0.6 is 0 Å². The fraction of sp³-hybridized carbons (Fsp3) is 0.455. The second kappa shape index (κ2) is 4.65. The van der Waals surface area contributed by atoms with Crippen molar-refractivity contribution >= 4 is 5.82 Å². The summed E-state index contributed by atoms with van der Waals surface area (Å²) in [6.45, 7) is 5.99. The van der Waals surface area contributed by atoms with E-state index in [1.807, 2.05) is 20.8 Å². The van der Waals surface area contributed by atoms with Crippen LogP contribution in [-0.2, 0) is 0 Å². The molecule has 4 nitrogen and oxygen atoms in total. The first kappa shape index (κ1) is 11.3. The van der Waals surface area contributed by atoms with Crippen LogP contribution in [0.15, 0.2) is 0 Å². The predicted octanol–water partition coefficient (Wildman–Crippen LogP) is 1.50. The van der Waals surface area contributed by atoms with Crippen molar-refractivity contribution in [3.05, 3.63) is 11.4 Å². The molecule has 1 heterocycles. The van der Waals surface area contributed by atoms with Crippen molar-refractivity contribution in [3.63, 3.8) is 0 Å². The average Bonchev–Trinajstić information content (AvgIpc) is 2.19. The quantitative estimate of drug-likeness (QED) is 0.760. The molecular weight excluding hydrogens is 190 g/mol. The number of hydrogen-bond donors (Lipinski definition) is 1. The molecular formula is C11H15N3O. The lowest BCUT2D eigenvalue weighted by Crippen LogP contribution is -2.08. The van der Waals surface area contributed by atoms with Crippen LogP contribution in [-0.4, -0.2) is 16.6 Å². The van der Waals surface area contributed by atoms with Crippen LogP contribution in [0.1, 0.15) is 31.2 Å². The highest BCUT2D eigenvalue weighted by atomic mass is 16.5. The van der Waals surface area contributed by atoms with Gasteiger partial charge >= 0.3 is 0 Å². The highest BCUT2D eigenvalue weighted by molar-refractivity contribution is 5.44. The summed E-state index contributed by atoms with van der Waals surface area (Å²) in [6.07, 6.45) is 5.11. The fourth-order valence-electron chi connectivity index (χ4n) is 1.04. The van der Waals surface area contributed by atoms with Gasteiger partial charge in [-0.15, -0.1) is 6.42 Å². The third kappa shape index (κ3) is 2.59. The topological polar surface area (TPSA) is 61.0 Å². The van der Waals surface area contributed by atoms with Crippen LogP contribution in [0.2, 0.25) is 0 Å². The minimum absolute atomic E-state index is 0.189. The highest BCUT2D eigenvalue weighted by Gasteiger charge is 2.11. The first-order valence-electron chi connectivity index (χ1n) is 4.76. The van der Waals surface area contributed by atoms with Gasteiger partial charge in [-0.05, 0) is 6.92 Å². The van der Waals surface area contributed by atoms with E-state index in [-0.39, 0.29) is 12.5 Å². The molecule has 0 aromatic carbocycles. The summed E-state index contributed by atoms with van der Waals surface area (Å²) in [7, 11) is 0. The number of terminal acetylenes is 1. The second-order valence-corrected chi connectivity index (χ2v) is 3.54. The average molecular weight is 205 g/mol. The van der Waals surface area contributed by atoms with Gasteiger partial charge in [0.05, 0.1) is 5.56 Å². The van der Waals surface area contributed by atoms with Crippen LogP contribution in [0.25, 0.3) is 0 Å². The summed E-state index contributed by atoms with van der Waals surface area (Å²) >= 11 is 0. The smallest absolute Gasteiger partial charge is 0.222 e. The van der Waals surface area contributed by atoms with Crippen molar-refractivity contribution in [2.75, 3.05) is 12.3 Å². The first-order valence-corrected chi connectivity index (χ1v) is 4.76. The summed E-state index contributed by atoms with van der Waals surface area (Å²) in [5, 5.41) is 0. The number of aromatic nitrogens is 2. The number of ether oxygens (including phenoxy) is 1. The standard InChI is InChI=1S/C11H15N3O/c1-5-6-15-11-8(4)9(12)13-10(14-11)7(2)3/h1,7H,6H2,2-4H3,(H2,12,13,14). The van der Waals surface area contributed by atoms with Gasteiger partial charge in [0.25, 0.3) is 0 Å². The van der Waals surface area contributed by atoms with Crippen molar-refractivity contribution in [2.45, 2.75) is 26.7 Å². The molecule has 0 fully saturated rings. The Hall–Kier alpha value is -1.76. The minimum atomic E-state index is 0.189. The molecule has 0 spiro atoms. The molecule has 0 unspecified atom stereocenters. The maximum Gasteiger partial charge on any atom is 0.222 e. The molecule has 1 aromatic heterocycles. The summed E-state index contributed by atoms with van der Waals surface area (Å²) in [5.74, 6) is 4.19. The van der Waals surface area contributed by atoms with Crippen molar-refractivity contribution in [1.82, 2.24) is 9.97 Å². The van der Waals surface area contributed by atoms with Gasteiger partial charge in [-0.25, -0.2) is 4.98 Å². The van der Waals surface area contributed by atoms with Crippen molar-refractivity contribution < 1.29 is 4.74 Å². The molecule has 2 N–H and O–H groups in total. The molecule has 80 valence electrons. The first-order chi connectivity index (χ1) is 7.06. The molecule has 0 amide bonds. The van der Waals surface area contributed by atoms with Crippen molar-refractivity contribution in [3.8, 4) is 18.2 Å². The van der Waals surface area contributed by atoms with Crippen LogP contribution < -0.4 is 10.5 Å². The predicted molar refractivity (Wildman–Crippen MR) is 59.6 cm³/mol. The number of rotatable bonds is 3. The fourth-order valence-corrected chi connectivity index (χ4v) is 1.04. The van der Waals surface area contributed by atoms with E-state index in [1.54, 1.807) is 0 Å². The monoisotopic (exact) mass is 205 g/mol. The van der Waals surface area contributed by atoms with Gasteiger partial charge in [0.2, 0.25) is 5.88 Å². The lowest BCUT2D eigenvalue weighted by molar-refractivity contribution is 0.350. The van der Waals surface area contributed by atoms with Gasteiger partial charge in [-0.2, -0.15) is 4.98 Å². The maximum absolute atomic E-state index is 5.75. The van der Waals surface area contributed by atoms with E-state index in [0.29, 0.717) is 17.5 Å². The van der Waals surface area contributed by atoms with Gasteiger partial charge in [0.1, 0.15) is 11.6 Å². The number of nitrogens with zero attached hydrogens (tertiary/aromatic N) is 2. The summed E-state index contributed by atoms with van der Waals surface area (Å²) < 4.78 is 5.29. The maximum atomic E-state index is 5.75. The second-order valence-electron chi connectivity index (χ2n) is 3.54.